The fraction of sp³-hybridized carbons (Fsp3) is 0.111. The van der Waals surface area contributed by atoms with Gasteiger partial charge in [-0.25, -0.2) is 4.79 Å². The van der Waals surface area contributed by atoms with Crippen molar-refractivity contribution >= 4 is 22.8 Å². The van der Waals surface area contributed by atoms with E-state index in [-0.39, 0.29) is 12.0 Å². The number of aromatic nitrogens is 1. The number of aromatic amines is 1. The van der Waals surface area contributed by atoms with Gasteiger partial charge in [-0.3, -0.25) is 4.79 Å². The maximum absolute atomic E-state index is 11.2. The smallest absolute Gasteiger partial charge is 0.335 e. The van der Waals surface area contributed by atoms with Gasteiger partial charge in [0.25, 0.3) is 0 Å². The average molecular weight is 309 g/mol. The third kappa shape index (κ3) is 2.81. The number of hydrogen-bond donors (Lipinski definition) is 3. The predicted octanol–water partition coefficient (Wildman–Crippen LogP) is 3.47. The monoisotopic (exact) mass is 309 g/mol. The number of aliphatic carboxylic acids is 1. The van der Waals surface area contributed by atoms with E-state index in [9.17, 15) is 14.7 Å². The van der Waals surface area contributed by atoms with Crippen LogP contribution in [0.15, 0.2) is 42.5 Å². The molecule has 0 aliphatic heterocycles. The molecule has 0 spiro atoms. The van der Waals surface area contributed by atoms with Crippen LogP contribution in [0.2, 0.25) is 0 Å². The molecule has 0 amide bonds. The van der Waals surface area contributed by atoms with Gasteiger partial charge in [-0.05, 0) is 42.3 Å². The van der Waals surface area contributed by atoms with Crippen LogP contribution in [0.3, 0.4) is 0 Å². The van der Waals surface area contributed by atoms with E-state index < -0.39 is 11.9 Å². The summed E-state index contributed by atoms with van der Waals surface area (Å²) in [6, 6.07) is 12.4. The van der Waals surface area contributed by atoms with Gasteiger partial charge >= 0.3 is 11.9 Å². The van der Waals surface area contributed by atoms with Gasteiger partial charge < -0.3 is 15.2 Å². The van der Waals surface area contributed by atoms with Crippen LogP contribution < -0.4 is 0 Å². The molecule has 0 saturated heterocycles. The maximum Gasteiger partial charge on any atom is 0.335 e. The van der Waals surface area contributed by atoms with Crippen molar-refractivity contribution in [3.63, 3.8) is 0 Å². The Bertz CT molecular complexity index is 924. The van der Waals surface area contributed by atoms with Crippen molar-refractivity contribution in [1.82, 2.24) is 4.98 Å². The normalized spacial score (nSPS) is 10.8. The summed E-state index contributed by atoms with van der Waals surface area (Å²) in [5, 5.41) is 19.0. The van der Waals surface area contributed by atoms with Gasteiger partial charge in [-0.1, -0.05) is 23.8 Å². The SMILES string of the molecule is Cc1cccc(-c2[nH]c3ccc(C(=O)O)cc3c2CC(=O)O)c1. The van der Waals surface area contributed by atoms with Gasteiger partial charge in [0.05, 0.1) is 17.7 Å². The lowest BCUT2D eigenvalue weighted by Gasteiger charge is -2.04. The van der Waals surface area contributed by atoms with Crippen molar-refractivity contribution in [3.8, 4) is 11.3 Å². The Hall–Kier alpha value is -3.08. The third-order valence-electron chi connectivity index (χ3n) is 3.79. The molecule has 3 N–H and O–H groups in total. The lowest BCUT2D eigenvalue weighted by Crippen LogP contribution is -2.01. The molecule has 0 bridgehead atoms. The Labute approximate surface area is 132 Å². The molecule has 116 valence electrons. The van der Waals surface area contributed by atoms with Crippen LogP contribution in [-0.2, 0) is 11.2 Å². The van der Waals surface area contributed by atoms with Gasteiger partial charge in [0, 0.05) is 10.9 Å². The zero-order chi connectivity index (χ0) is 16.6. The number of aromatic carboxylic acids is 1. The first-order valence-corrected chi connectivity index (χ1v) is 7.12. The van der Waals surface area contributed by atoms with Crippen LogP contribution in [-0.4, -0.2) is 27.1 Å². The first-order valence-electron chi connectivity index (χ1n) is 7.12. The summed E-state index contributed by atoms with van der Waals surface area (Å²) in [6.07, 6.45) is -0.174. The van der Waals surface area contributed by atoms with Crippen LogP contribution in [0.5, 0.6) is 0 Å². The molecule has 0 aliphatic rings. The van der Waals surface area contributed by atoms with Crippen molar-refractivity contribution in [2.24, 2.45) is 0 Å². The van der Waals surface area contributed by atoms with Gasteiger partial charge in [0.2, 0.25) is 0 Å². The van der Waals surface area contributed by atoms with Crippen molar-refractivity contribution in [2.45, 2.75) is 13.3 Å². The van der Waals surface area contributed by atoms with Crippen LogP contribution >= 0.6 is 0 Å². The van der Waals surface area contributed by atoms with Gasteiger partial charge in [-0.2, -0.15) is 0 Å². The second-order valence-electron chi connectivity index (χ2n) is 5.48. The molecule has 2 aromatic carbocycles. The summed E-state index contributed by atoms with van der Waals surface area (Å²) in [5.74, 6) is -1.99. The summed E-state index contributed by atoms with van der Waals surface area (Å²) in [6.45, 7) is 1.96. The molecule has 5 heteroatoms. The minimum Gasteiger partial charge on any atom is -0.481 e. The maximum atomic E-state index is 11.2. The van der Waals surface area contributed by atoms with Crippen LogP contribution in [0.4, 0.5) is 0 Å². The highest BCUT2D eigenvalue weighted by Crippen LogP contribution is 2.32. The van der Waals surface area contributed by atoms with Crippen molar-refractivity contribution in [1.29, 1.82) is 0 Å². The fourth-order valence-electron chi connectivity index (χ4n) is 2.76. The van der Waals surface area contributed by atoms with E-state index in [0.717, 1.165) is 16.6 Å². The molecule has 1 heterocycles. The number of rotatable bonds is 4. The third-order valence-corrected chi connectivity index (χ3v) is 3.79. The molecule has 1 aromatic heterocycles. The number of carboxylic acid groups (broad SMARTS) is 2. The number of aryl methyl sites for hydroxylation is 1. The quantitative estimate of drug-likeness (QED) is 0.688. The number of nitrogens with one attached hydrogen (secondary N) is 1. The van der Waals surface area contributed by atoms with Crippen molar-refractivity contribution < 1.29 is 19.8 Å². The Kier molecular flexibility index (Phi) is 3.62. The molecule has 0 saturated carbocycles. The van der Waals surface area contributed by atoms with E-state index in [2.05, 4.69) is 4.98 Å². The van der Waals surface area contributed by atoms with Crippen LogP contribution in [0.25, 0.3) is 22.2 Å². The first kappa shape index (κ1) is 14.8. The minimum absolute atomic E-state index is 0.138. The largest absolute Gasteiger partial charge is 0.481 e. The Balaban J connectivity index is 2.28. The van der Waals surface area contributed by atoms with E-state index in [0.29, 0.717) is 16.6 Å². The number of fused-ring (bicyclic) bond motifs is 1. The summed E-state index contributed by atoms with van der Waals surface area (Å²) in [4.78, 5) is 25.6. The molecular formula is C18H15NO4. The molecule has 5 nitrogen and oxygen atoms in total. The van der Waals surface area contributed by atoms with Gasteiger partial charge in [-0.15, -0.1) is 0 Å². The molecule has 0 unspecified atom stereocenters. The highest BCUT2D eigenvalue weighted by atomic mass is 16.4. The number of carboxylic acids is 2. The van der Waals surface area contributed by atoms with Gasteiger partial charge in [0.1, 0.15) is 0 Å². The molecule has 0 atom stereocenters. The lowest BCUT2D eigenvalue weighted by molar-refractivity contribution is -0.136. The molecule has 23 heavy (non-hydrogen) atoms. The first-order chi connectivity index (χ1) is 11.0. The molecule has 0 fully saturated rings. The Morgan fingerprint density at radius 3 is 2.52 bits per heavy atom. The highest BCUT2D eigenvalue weighted by molar-refractivity contribution is 5.99. The molecule has 3 rings (SSSR count). The number of H-pyrrole nitrogens is 1. The average Bonchev–Trinajstić information content (AvgIpc) is 2.84. The topological polar surface area (TPSA) is 90.4 Å². The fourth-order valence-corrected chi connectivity index (χ4v) is 2.76. The zero-order valence-corrected chi connectivity index (χ0v) is 12.5. The van der Waals surface area contributed by atoms with Crippen molar-refractivity contribution in [3.05, 3.63) is 59.2 Å². The second kappa shape index (κ2) is 5.61. The predicted molar refractivity (Wildman–Crippen MR) is 86.8 cm³/mol. The molecule has 3 aromatic rings. The summed E-state index contributed by atoms with van der Waals surface area (Å²) in [5.41, 5.74) is 4.12. The lowest BCUT2D eigenvalue weighted by atomic mass is 10.0. The second-order valence-corrected chi connectivity index (χ2v) is 5.48. The van der Waals surface area contributed by atoms with E-state index in [1.807, 2.05) is 31.2 Å². The van der Waals surface area contributed by atoms with Crippen molar-refractivity contribution in [2.75, 3.05) is 0 Å². The van der Waals surface area contributed by atoms with E-state index in [4.69, 9.17) is 5.11 Å². The number of benzene rings is 2. The minimum atomic E-state index is -1.04. The Morgan fingerprint density at radius 2 is 1.87 bits per heavy atom. The zero-order valence-electron chi connectivity index (χ0n) is 12.5. The summed E-state index contributed by atoms with van der Waals surface area (Å²) < 4.78 is 0. The molecule has 0 radical (unpaired) electrons. The number of carbonyl (C=O) groups is 2. The standard InChI is InChI=1S/C18H15NO4/c1-10-3-2-4-11(7-10)17-14(9-16(20)21)13-8-12(18(22)23)5-6-15(13)19-17/h2-8,19H,9H2,1H3,(H,20,21)(H,22,23). The van der Waals surface area contributed by atoms with E-state index in [1.165, 1.54) is 12.1 Å². The van der Waals surface area contributed by atoms with Crippen LogP contribution in [0, 0.1) is 6.92 Å². The highest BCUT2D eigenvalue weighted by Gasteiger charge is 2.17. The Morgan fingerprint density at radius 1 is 1.09 bits per heavy atom. The molecular weight excluding hydrogens is 294 g/mol. The molecule has 0 aliphatic carbocycles. The van der Waals surface area contributed by atoms with E-state index >= 15 is 0 Å². The summed E-state index contributed by atoms with van der Waals surface area (Å²) >= 11 is 0. The van der Waals surface area contributed by atoms with Gasteiger partial charge in [0.15, 0.2) is 0 Å². The summed E-state index contributed by atoms with van der Waals surface area (Å²) in [7, 11) is 0. The van der Waals surface area contributed by atoms with Crippen LogP contribution in [0.1, 0.15) is 21.5 Å². The van der Waals surface area contributed by atoms with E-state index in [1.54, 1.807) is 6.07 Å². The number of hydrogen-bond acceptors (Lipinski definition) is 2.